The van der Waals surface area contributed by atoms with E-state index in [0.29, 0.717) is 5.92 Å². The number of hydrogen-bond acceptors (Lipinski definition) is 2. The topological polar surface area (TPSA) is 12.4 Å². The highest BCUT2D eigenvalue weighted by molar-refractivity contribution is 7.78. The van der Waals surface area contributed by atoms with E-state index in [0.717, 1.165) is 29.2 Å². The van der Waals surface area contributed by atoms with Crippen molar-refractivity contribution in [3.63, 3.8) is 0 Å². The Morgan fingerprint density at radius 1 is 0.897 bits per heavy atom. The van der Waals surface area contributed by atoms with Gasteiger partial charge in [-0.3, -0.25) is 0 Å². The lowest BCUT2D eigenvalue weighted by Crippen LogP contribution is -2.12. The van der Waals surface area contributed by atoms with Gasteiger partial charge >= 0.3 is 0 Å². The Bertz CT molecular complexity index is 1010. The molecule has 4 heteroatoms. The van der Waals surface area contributed by atoms with Crippen molar-refractivity contribution in [2.24, 2.45) is 16.8 Å². The minimum Gasteiger partial charge on any atom is -0.204 e. The SMILES string of the molecule is CCC1CCC(C#Cc2ccc(C#Cc3cc(F)c(N=C=S)c(F)c3)cc2)CC1. The molecule has 0 amide bonds. The Balaban J connectivity index is 1.67. The molecule has 1 fully saturated rings. The first-order valence-electron chi connectivity index (χ1n) is 9.79. The van der Waals surface area contributed by atoms with Crippen molar-refractivity contribution in [3.8, 4) is 23.7 Å². The molecule has 0 bridgehead atoms. The molecule has 0 N–H and O–H groups in total. The molecule has 2 aromatic rings. The Morgan fingerprint density at radius 2 is 1.45 bits per heavy atom. The van der Waals surface area contributed by atoms with Crippen LogP contribution in [0.15, 0.2) is 41.4 Å². The van der Waals surface area contributed by atoms with Crippen molar-refractivity contribution in [1.82, 2.24) is 0 Å². The lowest BCUT2D eigenvalue weighted by molar-refractivity contribution is 0.309. The van der Waals surface area contributed by atoms with Crippen LogP contribution in [0, 0.1) is 47.2 Å². The third-order valence-corrected chi connectivity index (χ3v) is 5.35. The Labute approximate surface area is 176 Å². The first kappa shape index (κ1) is 20.9. The molecule has 146 valence electrons. The fraction of sp³-hybridized carbons (Fsp3) is 0.320. The van der Waals surface area contributed by atoms with Gasteiger partial charge in [-0.1, -0.05) is 37.0 Å². The van der Waals surface area contributed by atoms with Gasteiger partial charge in [-0.05, 0) is 80.2 Å². The second kappa shape index (κ2) is 10.1. The van der Waals surface area contributed by atoms with E-state index in [1.165, 1.54) is 32.1 Å². The number of thiocarbonyl (C=S) groups is 1. The quantitative estimate of drug-likeness (QED) is 0.309. The number of rotatable bonds is 2. The molecule has 0 heterocycles. The fourth-order valence-corrected chi connectivity index (χ4v) is 3.56. The van der Waals surface area contributed by atoms with E-state index < -0.39 is 17.3 Å². The van der Waals surface area contributed by atoms with Gasteiger partial charge < -0.3 is 0 Å². The first-order chi connectivity index (χ1) is 14.1. The number of aliphatic imine (C=N–C) groups is 1. The number of isothiocyanates is 1. The molecule has 0 saturated heterocycles. The third-order valence-electron chi connectivity index (χ3n) is 5.26. The minimum atomic E-state index is -0.815. The highest BCUT2D eigenvalue weighted by Gasteiger charge is 2.18. The van der Waals surface area contributed by atoms with Crippen LogP contribution in [0.4, 0.5) is 14.5 Å². The highest BCUT2D eigenvalue weighted by Crippen LogP contribution is 2.30. The third kappa shape index (κ3) is 5.85. The molecule has 0 spiro atoms. The number of nitrogens with zero attached hydrogens (tertiary/aromatic N) is 1. The summed E-state index contributed by atoms with van der Waals surface area (Å²) in [7, 11) is 0. The summed E-state index contributed by atoms with van der Waals surface area (Å²) in [6, 6.07) is 9.84. The zero-order chi connectivity index (χ0) is 20.6. The van der Waals surface area contributed by atoms with Gasteiger partial charge in [0.15, 0.2) is 11.6 Å². The zero-order valence-corrected chi connectivity index (χ0v) is 17.1. The van der Waals surface area contributed by atoms with Crippen LogP contribution in [0.5, 0.6) is 0 Å². The first-order valence-corrected chi connectivity index (χ1v) is 10.2. The Hall–Kier alpha value is -2.78. The molecule has 2 aromatic carbocycles. The number of hydrogen-bond donors (Lipinski definition) is 0. The summed E-state index contributed by atoms with van der Waals surface area (Å²) in [5, 5.41) is 1.97. The molecule has 1 nitrogen and oxygen atoms in total. The van der Waals surface area contributed by atoms with Crippen molar-refractivity contribution < 1.29 is 8.78 Å². The molecule has 1 aliphatic carbocycles. The standard InChI is InChI=1S/C25H21F2NS/c1-2-18-3-5-19(6-4-18)7-8-20-9-11-21(12-10-20)13-14-22-15-23(26)25(28-17-29)24(27)16-22/h9-12,15-16,18-19H,2-6H2,1H3. The van der Waals surface area contributed by atoms with Crippen LogP contribution < -0.4 is 0 Å². The normalized spacial score (nSPS) is 17.9. The van der Waals surface area contributed by atoms with Gasteiger partial charge in [0.2, 0.25) is 0 Å². The second-order valence-corrected chi connectivity index (χ2v) is 7.40. The molecule has 1 saturated carbocycles. The Kier molecular flexibility index (Phi) is 7.31. The zero-order valence-electron chi connectivity index (χ0n) is 16.3. The van der Waals surface area contributed by atoms with Gasteiger partial charge in [0, 0.05) is 22.6 Å². The average molecular weight is 406 g/mol. The summed E-state index contributed by atoms with van der Waals surface area (Å²) in [4.78, 5) is 3.39. The predicted octanol–water partition coefficient (Wildman–Crippen LogP) is 6.67. The minimum absolute atomic E-state index is 0.231. The largest absolute Gasteiger partial charge is 0.204 e. The molecule has 0 radical (unpaired) electrons. The lowest BCUT2D eigenvalue weighted by atomic mass is 9.81. The van der Waals surface area contributed by atoms with E-state index in [1.807, 2.05) is 29.4 Å². The summed E-state index contributed by atoms with van der Waals surface area (Å²) in [6.45, 7) is 2.26. The molecule has 0 atom stereocenters. The molecule has 1 aliphatic rings. The summed E-state index contributed by atoms with van der Waals surface area (Å²) >= 11 is 4.39. The Morgan fingerprint density at radius 3 is 2.00 bits per heavy atom. The van der Waals surface area contributed by atoms with Crippen LogP contribution in [0.3, 0.4) is 0 Å². The smallest absolute Gasteiger partial charge is 0.153 e. The van der Waals surface area contributed by atoms with Gasteiger partial charge in [-0.15, -0.1) is 0 Å². The van der Waals surface area contributed by atoms with Gasteiger partial charge in [0.05, 0.1) is 5.16 Å². The van der Waals surface area contributed by atoms with Gasteiger partial charge in [-0.25, -0.2) is 8.78 Å². The monoisotopic (exact) mass is 405 g/mol. The van der Waals surface area contributed by atoms with Gasteiger partial charge in [0.1, 0.15) is 5.69 Å². The fourth-order valence-electron chi connectivity index (χ4n) is 3.47. The van der Waals surface area contributed by atoms with Crippen LogP contribution >= 0.6 is 12.2 Å². The molecular weight excluding hydrogens is 384 g/mol. The van der Waals surface area contributed by atoms with E-state index in [4.69, 9.17) is 0 Å². The molecule has 29 heavy (non-hydrogen) atoms. The highest BCUT2D eigenvalue weighted by atomic mass is 32.1. The van der Waals surface area contributed by atoms with Crippen LogP contribution in [-0.4, -0.2) is 5.16 Å². The maximum absolute atomic E-state index is 13.9. The van der Waals surface area contributed by atoms with Gasteiger partial charge in [-0.2, -0.15) is 4.99 Å². The maximum atomic E-state index is 13.9. The molecule has 0 unspecified atom stereocenters. The summed E-state index contributed by atoms with van der Waals surface area (Å²) < 4.78 is 27.7. The van der Waals surface area contributed by atoms with Crippen molar-refractivity contribution in [1.29, 1.82) is 0 Å². The van der Waals surface area contributed by atoms with E-state index in [2.05, 4.69) is 47.8 Å². The molecule has 0 aromatic heterocycles. The van der Waals surface area contributed by atoms with E-state index >= 15 is 0 Å². The van der Waals surface area contributed by atoms with Crippen molar-refractivity contribution in [2.45, 2.75) is 39.0 Å². The van der Waals surface area contributed by atoms with E-state index in [-0.39, 0.29) is 5.56 Å². The molecule has 3 rings (SSSR count). The summed E-state index contributed by atoms with van der Waals surface area (Å²) in [5.41, 5.74) is 1.49. The second-order valence-electron chi connectivity index (χ2n) is 7.21. The van der Waals surface area contributed by atoms with Crippen LogP contribution in [0.25, 0.3) is 0 Å². The van der Waals surface area contributed by atoms with Crippen LogP contribution in [-0.2, 0) is 0 Å². The molecule has 0 aliphatic heterocycles. The maximum Gasteiger partial charge on any atom is 0.153 e. The van der Waals surface area contributed by atoms with Gasteiger partial charge in [0.25, 0.3) is 0 Å². The predicted molar refractivity (Wildman–Crippen MR) is 116 cm³/mol. The van der Waals surface area contributed by atoms with Crippen molar-refractivity contribution >= 4 is 23.1 Å². The summed E-state index contributed by atoms with van der Waals surface area (Å²) in [5.74, 6) is 12.1. The number of benzene rings is 2. The van der Waals surface area contributed by atoms with Crippen LogP contribution in [0.2, 0.25) is 0 Å². The van der Waals surface area contributed by atoms with E-state index in [9.17, 15) is 8.78 Å². The average Bonchev–Trinajstić information content (AvgIpc) is 2.74. The summed E-state index contributed by atoms with van der Waals surface area (Å²) in [6.07, 6.45) is 6.22. The van der Waals surface area contributed by atoms with Crippen LogP contribution in [0.1, 0.15) is 55.7 Å². The van der Waals surface area contributed by atoms with Crippen molar-refractivity contribution in [2.75, 3.05) is 0 Å². The number of halogens is 2. The lowest BCUT2D eigenvalue weighted by Gasteiger charge is -2.24. The van der Waals surface area contributed by atoms with E-state index in [1.54, 1.807) is 0 Å². The molecular formula is C25H21F2NS. The van der Waals surface area contributed by atoms with Crippen molar-refractivity contribution in [3.05, 3.63) is 64.7 Å².